The topological polar surface area (TPSA) is 129 Å². The molecule has 82 heavy (non-hydrogen) atoms. The predicted molar refractivity (Wildman–Crippen MR) is 308 cm³/mol. The van der Waals surface area contributed by atoms with E-state index in [4.69, 9.17) is 39.9 Å². The van der Waals surface area contributed by atoms with Crippen LogP contribution in [0.3, 0.4) is 0 Å². The van der Waals surface area contributed by atoms with Crippen LogP contribution >= 0.6 is 0 Å². The molecule has 13 aliphatic heterocycles. The van der Waals surface area contributed by atoms with Gasteiger partial charge in [-0.05, 0) is 96.1 Å². The number of aromatic nitrogens is 3. The van der Waals surface area contributed by atoms with Gasteiger partial charge in [0.25, 0.3) is 46.7 Å². The second kappa shape index (κ2) is 12.1. The summed E-state index contributed by atoms with van der Waals surface area (Å²) in [5, 5.41) is 6.27. The lowest BCUT2D eigenvalue weighted by molar-refractivity contribution is -0.803. The zero-order valence-corrected chi connectivity index (χ0v) is 42.6. The molecule has 10 aromatic rings. The summed E-state index contributed by atoms with van der Waals surface area (Å²) in [4.78, 5) is 48.0. The SMILES string of the molecule is C1=CC2C3=NC4=[N+]5C(=Nc6c7ccccc7c7n6C56N3C(=NC3=[N+]6C(=N7)c5ccc(-c6ccc7c(c6)C6=Nc8c9ccccc9c9n8C8%10n%11c(c%12ccccc%12c%11=NC7=[N+]68)=NC6=[N+]%10C(=N9)c7ccccc76)cc53)C2C=C1)c1ccccc14. The van der Waals surface area contributed by atoms with Crippen molar-refractivity contribution in [1.82, 2.24) is 18.6 Å². The molecule has 4 unspecified atom stereocenters. The van der Waals surface area contributed by atoms with Gasteiger partial charge in [0.15, 0.2) is 0 Å². The molecule has 16 heteroatoms. The summed E-state index contributed by atoms with van der Waals surface area (Å²) >= 11 is 0. The minimum atomic E-state index is -1.09. The Morgan fingerprint density at radius 3 is 1.20 bits per heavy atom. The first-order chi connectivity index (χ1) is 40.7. The maximum Gasteiger partial charge on any atom is 0.404 e. The highest BCUT2D eigenvalue weighted by Gasteiger charge is 2.76. The number of rotatable bonds is 1. The van der Waals surface area contributed by atoms with Crippen molar-refractivity contribution >= 4 is 114 Å². The number of hydrogen-bond donors (Lipinski definition) is 0. The normalized spacial score (nSPS) is 24.3. The fourth-order valence-electron chi connectivity index (χ4n) is 16.6. The standard InChI is InChI=1S/C66H32N16/c1-3-15-35-33(13-1)49-67-53-37-17-5-7-19-39(37)57-71-61-45-27-25-31(29-47(45)63-73-59-43-23-11-9-21-41(43)55-69-51(35)75(49)65(77(53)57,79(55)59)81(61)63)32-26-28-46-48(30-32)64-74-60-44-24-12-10-22-42(44)56-70-52-36-16-4-2-14-34(36)50-68-54-38-18-6-8-20-40(38)58-72-62(46)82(64)66(76(50)52,78(54)58)80(56)60/h1-30,41,43H/q+4. The zero-order valence-electron chi connectivity index (χ0n) is 42.6. The molecule has 1 aliphatic carbocycles. The van der Waals surface area contributed by atoms with Gasteiger partial charge < -0.3 is 0 Å². The molecule has 16 heterocycles. The van der Waals surface area contributed by atoms with Gasteiger partial charge in [0.2, 0.25) is 45.9 Å². The Morgan fingerprint density at radius 1 is 0.317 bits per heavy atom. The summed E-state index contributed by atoms with van der Waals surface area (Å²) in [6, 6.07) is 56.6. The Kier molecular flexibility index (Phi) is 5.80. The van der Waals surface area contributed by atoms with Crippen molar-refractivity contribution < 1.29 is 18.3 Å². The third-order valence-electron chi connectivity index (χ3n) is 19.6. The third-order valence-corrected chi connectivity index (χ3v) is 19.6. The van der Waals surface area contributed by atoms with Crippen LogP contribution in [-0.2, 0) is 11.8 Å². The number of benzene rings is 7. The smallest absolute Gasteiger partial charge is 0.199 e. The van der Waals surface area contributed by atoms with Crippen LogP contribution in [-0.4, -0.2) is 95.3 Å². The lowest BCUT2D eigenvalue weighted by atomic mass is 9.90. The van der Waals surface area contributed by atoms with E-state index in [-0.39, 0.29) is 11.8 Å². The van der Waals surface area contributed by atoms with Crippen LogP contribution < -0.4 is 11.0 Å². The van der Waals surface area contributed by atoms with Crippen molar-refractivity contribution in [2.24, 2.45) is 51.8 Å². The Balaban J connectivity index is 0.765. The molecule has 372 valence electrons. The maximum absolute atomic E-state index is 5.85. The highest BCUT2D eigenvalue weighted by molar-refractivity contribution is 6.29. The van der Waals surface area contributed by atoms with Crippen molar-refractivity contribution in [2.75, 3.05) is 0 Å². The van der Waals surface area contributed by atoms with Crippen LogP contribution in [0, 0.1) is 11.8 Å². The van der Waals surface area contributed by atoms with E-state index in [0.717, 1.165) is 181 Å². The van der Waals surface area contributed by atoms with Crippen molar-refractivity contribution in [3.8, 4) is 11.1 Å². The Bertz CT molecular complexity index is 5790. The highest BCUT2D eigenvalue weighted by Crippen LogP contribution is 2.58. The van der Waals surface area contributed by atoms with E-state index < -0.39 is 11.8 Å². The van der Waals surface area contributed by atoms with Gasteiger partial charge in [0.05, 0.1) is 56.3 Å². The third kappa shape index (κ3) is 3.68. The molecule has 1 fully saturated rings. The van der Waals surface area contributed by atoms with E-state index in [2.05, 4.69) is 219 Å². The number of hydrogen-bond acceptors (Lipinski definition) is 9. The number of fused-ring (bicyclic) bond motifs is 24. The molecule has 3 aromatic heterocycles. The van der Waals surface area contributed by atoms with Crippen LogP contribution in [0.4, 0.5) is 23.3 Å². The first kappa shape index (κ1) is 39.2. The largest absolute Gasteiger partial charge is 0.404 e. The summed E-state index contributed by atoms with van der Waals surface area (Å²) in [7, 11) is 0. The number of nitrogens with zero attached hydrogens (tertiary/aromatic N) is 16. The average Bonchev–Trinajstić information content (AvgIpc) is 1.49. The van der Waals surface area contributed by atoms with E-state index in [1.807, 2.05) is 0 Å². The van der Waals surface area contributed by atoms with E-state index in [1.54, 1.807) is 0 Å². The number of amidine groups is 10. The lowest BCUT2D eigenvalue weighted by Gasteiger charge is -2.45. The van der Waals surface area contributed by atoms with Crippen LogP contribution in [0.15, 0.2) is 222 Å². The highest BCUT2D eigenvalue weighted by atomic mass is 15.7. The molecular formula is C66H32N16+4. The summed E-state index contributed by atoms with van der Waals surface area (Å²) in [5.41, 5.74) is 12.1. The molecule has 2 spiro atoms. The molecule has 7 aromatic carbocycles. The van der Waals surface area contributed by atoms with Crippen molar-refractivity contribution in [2.45, 2.75) is 11.8 Å². The van der Waals surface area contributed by atoms with Gasteiger partial charge in [-0.3, -0.25) is 0 Å². The van der Waals surface area contributed by atoms with E-state index in [9.17, 15) is 0 Å². The van der Waals surface area contributed by atoms with Crippen molar-refractivity contribution in [3.63, 3.8) is 0 Å². The van der Waals surface area contributed by atoms with Gasteiger partial charge in [-0.15, -0.1) is 18.3 Å². The minimum absolute atomic E-state index is 0.0200. The zero-order chi connectivity index (χ0) is 52.1. The van der Waals surface area contributed by atoms with E-state index >= 15 is 0 Å². The molecule has 0 amide bonds. The van der Waals surface area contributed by atoms with Crippen molar-refractivity contribution in [1.29, 1.82) is 0 Å². The minimum Gasteiger partial charge on any atom is -0.199 e. The molecule has 0 saturated carbocycles. The molecule has 0 radical (unpaired) electrons. The molecule has 16 nitrogen and oxygen atoms in total. The maximum atomic E-state index is 5.85. The molecule has 24 rings (SSSR count). The lowest BCUT2D eigenvalue weighted by Crippen LogP contribution is -2.73. The van der Waals surface area contributed by atoms with Crippen LogP contribution in [0.1, 0.15) is 44.5 Å². The Hall–Kier alpha value is -11.3. The predicted octanol–water partition coefficient (Wildman–Crippen LogP) is 8.12. The van der Waals surface area contributed by atoms with Crippen LogP contribution in [0.2, 0.25) is 0 Å². The van der Waals surface area contributed by atoms with Crippen LogP contribution in [0.5, 0.6) is 0 Å². The molecule has 0 N–H and O–H groups in total. The summed E-state index contributed by atoms with van der Waals surface area (Å²) in [5.74, 6) is 9.99. The van der Waals surface area contributed by atoms with E-state index in [0.29, 0.717) is 0 Å². The number of allylic oxidation sites excluding steroid dienone is 2. The molecule has 0 bridgehead atoms. The molecule has 4 atom stereocenters. The summed E-state index contributed by atoms with van der Waals surface area (Å²) in [6.07, 6.45) is 8.93. The fourth-order valence-corrected chi connectivity index (χ4v) is 16.6. The van der Waals surface area contributed by atoms with Gasteiger partial charge in [0, 0.05) is 32.3 Å². The summed E-state index contributed by atoms with van der Waals surface area (Å²) in [6.45, 7) is 0. The first-order valence-corrected chi connectivity index (χ1v) is 27.9. The Labute approximate surface area is 461 Å². The number of aliphatic imine (C=N–C) groups is 6. The monoisotopic (exact) mass is 1050 g/mol. The van der Waals surface area contributed by atoms with Crippen LogP contribution in [0.25, 0.3) is 43.4 Å². The van der Waals surface area contributed by atoms with E-state index in [1.165, 1.54) is 0 Å². The van der Waals surface area contributed by atoms with Gasteiger partial charge in [0.1, 0.15) is 0 Å². The summed E-state index contributed by atoms with van der Waals surface area (Å²) < 4.78 is 16.6. The van der Waals surface area contributed by atoms with Gasteiger partial charge in [-0.25, -0.2) is 0 Å². The first-order valence-electron chi connectivity index (χ1n) is 27.9. The fraction of sp³-hybridized carbons (Fsp3) is 0.0606. The van der Waals surface area contributed by atoms with Crippen molar-refractivity contribution in [3.05, 3.63) is 238 Å². The quantitative estimate of drug-likeness (QED) is 0.151. The van der Waals surface area contributed by atoms with Gasteiger partial charge >= 0.3 is 11.8 Å². The molecule has 14 aliphatic rings. The molecular weight excluding hydrogens is 1020 g/mol. The van der Waals surface area contributed by atoms with Gasteiger partial charge in [-0.1, -0.05) is 137 Å². The van der Waals surface area contributed by atoms with Gasteiger partial charge in [-0.2, -0.15) is 18.6 Å². The average molecular weight is 1050 g/mol. The molecule has 1 saturated heterocycles. The Morgan fingerprint density at radius 2 is 0.683 bits per heavy atom. The second-order valence-corrected chi connectivity index (χ2v) is 23.1. The second-order valence-electron chi connectivity index (χ2n) is 23.1.